The molecule has 90 valence electrons. The van der Waals surface area contributed by atoms with E-state index in [1.165, 1.54) is 10.4 Å². The van der Waals surface area contributed by atoms with Crippen molar-refractivity contribution in [3.63, 3.8) is 0 Å². The van der Waals surface area contributed by atoms with Crippen LogP contribution in [0.3, 0.4) is 0 Å². The first-order valence-electron chi connectivity index (χ1n) is 5.80. The van der Waals surface area contributed by atoms with Crippen LogP contribution < -0.4 is 5.32 Å². The number of aryl methyl sites for hydroxylation is 1. The second kappa shape index (κ2) is 5.54. The smallest absolute Gasteiger partial charge is 0.176 e. The Bertz CT molecular complexity index is 451. The first-order valence-corrected chi connectivity index (χ1v) is 5.80. The van der Waals surface area contributed by atoms with Gasteiger partial charge in [-0.3, -0.25) is 0 Å². The van der Waals surface area contributed by atoms with Crippen molar-refractivity contribution in [2.24, 2.45) is 7.05 Å². The van der Waals surface area contributed by atoms with Gasteiger partial charge >= 0.3 is 0 Å². The van der Waals surface area contributed by atoms with Gasteiger partial charge in [0.1, 0.15) is 0 Å². The SMILES string of the molecule is CCNC(Cc1nnn(C)n1)c1ccccc1. The van der Waals surface area contributed by atoms with Gasteiger partial charge in [0.05, 0.1) is 7.05 Å². The van der Waals surface area contributed by atoms with Crippen LogP contribution in [0.2, 0.25) is 0 Å². The van der Waals surface area contributed by atoms with E-state index < -0.39 is 0 Å². The topological polar surface area (TPSA) is 55.6 Å². The van der Waals surface area contributed by atoms with Crippen molar-refractivity contribution in [1.82, 2.24) is 25.5 Å². The first-order chi connectivity index (χ1) is 8.29. The van der Waals surface area contributed by atoms with E-state index in [2.05, 4.69) is 39.8 Å². The van der Waals surface area contributed by atoms with Gasteiger partial charge in [-0.1, -0.05) is 37.3 Å². The zero-order valence-corrected chi connectivity index (χ0v) is 10.2. The first kappa shape index (κ1) is 11.7. The lowest BCUT2D eigenvalue weighted by atomic mass is 10.0. The molecule has 1 N–H and O–H groups in total. The fourth-order valence-corrected chi connectivity index (χ4v) is 1.83. The average Bonchev–Trinajstić information content (AvgIpc) is 2.75. The van der Waals surface area contributed by atoms with E-state index in [0.29, 0.717) is 0 Å². The second-order valence-electron chi connectivity index (χ2n) is 3.92. The minimum Gasteiger partial charge on any atom is -0.310 e. The average molecular weight is 231 g/mol. The minimum absolute atomic E-state index is 0.241. The van der Waals surface area contributed by atoms with Crippen molar-refractivity contribution in [3.05, 3.63) is 41.7 Å². The number of likely N-dealkylation sites (N-methyl/N-ethyl adjacent to an activating group) is 1. The summed E-state index contributed by atoms with van der Waals surface area (Å²) in [4.78, 5) is 1.49. The molecular formula is C12H17N5. The van der Waals surface area contributed by atoms with Crippen molar-refractivity contribution in [2.75, 3.05) is 6.54 Å². The summed E-state index contributed by atoms with van der Waals surface area (Å²) in [6, 6.07) is 10.6. The molecule has 0 aliphatic rings. The Morgan fingerprint density at radius 1 is 1.29 bits per heavy atom. The zero-order chi connectivity index (χ0) is 12.1. The maximum Gasteiger partial charge on any atom is 0.176 e. The van der Waals surface area contributed by atoms with Crippen LogP contribution in [0, 0.1) is 0 Å². The largest absolute Gasteiger partial charge is 0.310 e. The fourth-order valence-electron chi connectivity index (χ4n) is 1.83. The number of rotatable bonds is 5. The van der Waals surface area contributed by atoms with Gasteiger partial charge in [-0.2, -0.15) is 4.80 Å². The molecule has 0 saturated carbocycles. The molecule has 2 aromatic rings. The molecule has 5 heteroatoms. The predicted octanol–water partition coefficient (Wildman–Crippen LogP) is 1.10. The van der Waals surface area contributed by atoms with Gasteiger partial charge in [-0.05, 0) is 17.3 Å². The van der Waals surface area contributed by atoms with Crippen LogP contribution in [0.4, 0.5) is 0 Å². The molecule has 0 aliphatic carbocycles. The third kappa shape index (κ3) is 3.10. The molecule has 17 heavy (non-hydrogen) atoms. The third-order valence-corrected chi connectivity index (χ3v) is 2.59. The summed E-state index contributed by atoms with van der Waals surface area (Å²) in [5, 5.41) is 15.5. The van der Waals surface area contributed by atoms with Gasteiger partial charge < -0.3 is 5.32 Å². The van der Waals surface area contributed by atoms with E-state index in [0.717, 1.165) is 18.8 Å². The predicted molar refractivity (Wildman–Crippen MR) is 65.4 cm³/mol. The van der Waals surface area contributed by atoms with Crippen molar-refractivity contribution in [3.8, 4) is 0 Å². The minimum atomic E-state index is 0.241. The Balaban J connectivity index is 2.13. The summed E-state index contributed by atoms with van der Waals surface area (Å²) >= 11 is 0. The van der Waals surface area contributed by atoms with Crippen LogP contribution in [-0.2, 0) is 13.5 Å². The molecule has 0 spiro atoms. The summed E-state index contributed by atoms with van der Waals surface area (Å²) in [5.41, 5.74) is 1.25. The number of hydrogen-bond acceptors (Lipinski definition) is 4. The zero-order valence-electron chi connectivity index (χ0n) is 10.2. The second-order valence-corrected chi connectivity index (χ2v) is 3.92. The molecule has 0 saturated heterocycles. The van der Waals surface area contributed by atoms with Crippen molar-refractivity contribution >= 4 is 0 Å². The highest BCUT2D eigenvalue weighted by Crippen LogP contribution is 2.15. The number of tetrazole rings is 1. The van der Waals surface area contributed by atoms with Gasteiger partial charge in [0.25, 0.3) is 0 Å². The molecule has 1 atom stereocenters. The summed E-state index contributed by atoms with van der Waals surface area (Å²) in [5.74, 6) is 0.766. The molecule has 0 fully saturated rings. The lowest BCUT2D eigenvalue weighted by molar-refractivity contribution is 0.535. The molecule has 2 rings (SSSR count). The molecule has 0 bridgehead atoms. The highest BCUT2D eigenvalue weighted by atomic mass is 15.6. The van der Waals surface area contributed by atoms with Crippen molar-refractivity contribution < 1.29 is 0 Å². The van der Waals surface area contributed by atoms with Crippen LogP contribution in [0.1, 0.15) is 24.4 Å². The van der Waals surface area contributed by atoms with Crippen LogP contribution in [0.15, 0.2) is 30.3 Å². The van der Waals surface area contributed by atoms with Gasteiger partial charge in [-0.25, -0.2) is 0 Å². The Morgan fingerprint density at radius 3 is 2.65 bits per heavy atom. The Labute approximate surface area is 101 Å². The van der Waals surface area contributed by atoms with E-state index >= 15 is 0 Å². The Morgan fingerprint density at radius 2 is 2.06 bits per heavy atom. The van der Waals surface area contributed by atoms with Crippen molar-refractivity contribution in [2.45, 2.75) is 19.4 Å². The van der Waals surface area contributed by atoms with E-state index in [9.17, 15) is 0 Å². The summed E-state index contributed by atoms with van der Waals surface area (Å²) < 4.78 is 0. The molecular weight excluding hydrogens is 214 g/mol. The molecule has 5 nitrogen and oxygen atoms in total. The number of nitrogens with one attached hydrogen (secondary N) is 1. The summed E-state index contributed by atoms with van der Waals surface area (Å²) in [7, 11) is 1.78. The van der Waals surface area contributed by atoms with Gasteiger partial charge in [-0.15, -0.1) is 10.2 Å². The summed E-state index contributed by atoms with van der Waals surface area (Å²) in [6.45, 7) is 3.01. The molecule has 1 aromatic heterocycles. The van der Waals surface area contributed by atoms with Crippen molar-refractivity contribution in [1.29, 1.82) is 0 Å². The molecule has 1 aromatic carbocycles. The number of benzene rings is 1. The maximum atomic E-state index is 4.21. The van der Waals surface area contributed by atoms with Gasteiger partial charge in [0.2, 0.25) is 0 Å². The van der Waals surface area contributed by atoms with E-state index in [1.807, 2.05) is 18.2 Å². The molecule has 0 radical (unpaired) electrons. The highest BCUT2D eigenvalue weighted by molar-refractivity contribution is 5.19. The van der Waals surface area contributed by atoms with Crippen LogP contribution in [0.25, 0.3) is 0 Å². The van der Waals surface area contributed by atoms with Crippen LogP contribution in [0.5, 0.6) is 0 Å². The molecule has 0 aliphatic heterocycles. The van der Waals surface area contributed by atoms with E-state index in [1.54, 1.807) is 7.05 Å². The molecule has 0 amide bonds. The highest BCUT2D eigenvalue weighted by Gasteiger charge is 2.13. The van der Waals surface area contributed by atoms with E-state index in [-0.39, 0.29) is 6.04 Å². The lowest BCUT2D eigenvalue weighted by Gasteiger charge is -2.16. The quantitative estimate of drug-likeness (QED) is 0.837. The molecule has 1 unspecified atom stereocenters. The number of nitrogens with zero attached hydrogens (tertiary/aromatic N) is 4. The summed E-state index contributed by atoms with van der Waals surface area (Å²) in [6.07, 6.45) is 0.756. The normalized spacial score (nSPS) is 12.6. The fraction of sp³-hybridized carbons (Fsp3) is 0.417. The van der Waals surface area contributed by atoms with Crippen LogP contribution in [-0.4, -0.2) is 26.8 Å². The standard InChI is InChI=1S/C12H17N5/c1-3-13-11(10-7-5-4-6-8-10)9-12-14-16-17(2)15-12/h4-8,11,13H,3,9H2,1-2H3. The monoisotopic (exact) mass is 231 g/mol. The van der Waals surface area contributed by atoms with Crippen LogP contribution >= 0.6 is 0 Å². The van der Waals surface area contributed by atoms with E-state index in [4.69, 9.17) is 0 Å². The van der Waals surface area contributed by atoms with Gasteiger partial charge in [0, 0.05) is 12.5 Å². The Hall–Kier alpha value is -1.75. The Kier molecular flexibility index (Phi) is 3.82. The molecule has 1 heterocycles. The maximum absolute atomic E-state index is 4.21. The number of hydrogen-bond donors (Lipinski definition) is 1. The third-order valence-electron chi connectivity index (χ3n) is 2.59. The van der Waals surface area contributed by atoms with Gasteiger partial charge in [0.15, 0.2) is 5.82 Å². The lowest BCUT2D eigenvalue weighted by Crippen LogP contribution is -2.23. The number of aromatic nitrogens is 4.